The fourth-order valence-corrected chi connectivity index (χ4v) is 0.918. The molecule has 0 saturated heterocycles. The van der Waals surface area contributed by atoms with Gasteiger partial charge in [0.25, 0.3) is 5.97 Å². The number of ether oxygens (including phenoxy) is 2. The minimum absolute atomic E-state index is 0.334. The molecule has 5 heteroatoms. The number of methoxy groups -OCH3 is 1. The summed E-state index contributed by atoms with van der Waals surface area (Å²) < 4.78 is 9.55. The van der Waals surface area contributed by atoms with Gasteiger partial charge in [-0.05, 0) is 6.42 Å². The first-order valence-corrected chi connectivity index (χ1v) is 4.15. The Morgan fingerprint density at radius 1 is 1.64 bits per heavy atom. The van der Waals surface area contributed by atoms with Crippen molar-refractivity contribution in [3.63, 3.8) is 0 Å². The van der Waals surface area contributed by atoms with Crippen molar-refractivity contribution in [1.29, 1.82) is 0 Å². The summed E-state index contributed by atoms with van der Waals surface area (Å²) in [5.41, 5.74) is 0.951. The zero-order chi connectivity index (χ0) is 11.1. The predicted molar refractivity (Wildman–Crippen MR) is 48.6 cm³/mol. The number of rotatable bonds is 2. The fourth-order valence-electron chi connectivity index (χ4n) is 0.918. The average Bonchev–Trinajstić information content (AvgIpc) is 2.44. The quantitative estimate of drug-likeness (QED) is 0.675. The molecule has 1 N–H and O–H groups in total. The molecule has 1 aliphatic rings. The molecule has 14 heavy (non-hydrogen) atoms. The Morgan fingerprint density at radius 2 is 2.14 bits per heavy atom. The minimum Gasteiger partial charge on any atom is -0.490 e. The van der Waals surface area contributed by atoms with E-state index in [0.29, 0.717) is 12.4 Å². The van der Waals surface area contributed by atoms with Gasteiger partial charge in [0.15, 0.2) is 0 Å². The lowest BCUT2D eigenvalue weighted by Crippen LogP contribution is -2.00. The topological polar surface area (TPSA) is 72.8 Å². The second kappa shape index (κ2) is 6.01. The van der Waals surface area contributed by atoms with Crippen molar-refractivity contribution in [1.82, 2.24) is 0 Å². The Labute approximate surface area is 82.3 Å². The summed E-state index contributed by atoms with van der Waals surface area (Å²) in [7, 11) is 1.48. The summed E-state index contributed by atoms with van der Waals surface area (Å²) in [4.78, 5) is 19.8. The summed E-state index contributed by atoms with van der Waals surface area (Å²) in [6.45, 7) is 3.45. The lowest BCUT2D eigenvalue weighted by molar-refractivity contribution is -0.139. The molecular weight excluding hydrogens is 188 g/mol. The van der Waals surface area contributed by atoms with Gasteiger partial charge < -0.3 is 14.6 Å². The zero-order valence-corrected chi connectivity index (χ0v) is 8.49. The minimum atomic E-state index is -0.833. The van der Waals surface area contributed by atoms with E-state index in [1.54, 1.807) is 0 Å². The monoisotopic (exact) mass is 202 g/mol. The molecule has 0 saturated carbocycles. The smallest absolute Gasteiger partial charge is 0.373 e. The van der Waals surface area contributed by atoms with E-state index in [1.165, 1.54) is 7.11 Å². The molecule has 1 rings (SSSR count). The van der Waals surface area contributed by atoms with Gasteiger partial charge in [-0.25, -0.2) is 4.79 Å². The molecule has 0 aromatic heterocycles. The van der Waals surface area contributed by atoms with E-state index in [-0.39, 0.29) is 5.97 Å². The molecule has 0 bridgehead atoms. The summed E-state index contributed by atoms with van der Waals surface area (Å²) in [5.74, 6) is -0.776. The third-order valence-electron chi connectivity index (χ3n) is 1.51. The van der Waals surface area contributed by atoms with Crippen LogP contribution in [0.4, 0.5) is 0 Å². The van der Waals surface area contributed by atoms with Crippen molar-refractivity contribution < 1.29 is 24.2 Å². The van der Waals surface area contributed by atoms with Crippen LogP contribution < -0.4 is 0 Å². The molecule has 1 heterocycles. The predicted octanol–water partition coefficient (Wildman–Crippen LogP) is 0.945. The van der Waals surface area contributed by atoms with Crippen LogP contribution in [0.2, 0.25) is 0 Å². The van der Waals surface area contributed by atoms with Gasteiger partial charge in [-0.2, -0.15) is 0 Å². The van der Waals surface area contributed by atoms with Crippen LogP contribution in [0, 0.1) is 0 Å². The van der Waals surface area contributed by atoms with Gasteiger partial charge in [0.1, 0.15) is 6.61 Å². The standard InChI is InChI=1S/C7H10O3.C2H4O2/c1-3-5-4-10-7(8)6(5)9-2;1-2(3)4/h3-4H2,1-2H3;1H3,(H,3,4). The normalized spacial score (nSPS) is 14.4. The van der Waals surface area contributed by atoms with Crippen molar-refractivity contribution >= 4 is 11.9 Å². The van der Waals surface area contributed by atoms with Crippen LogP contribution >= 0.6 is 0 Å². The molecule has 80 valence electrons. The zero-order valence-electron chi connectivity index (χ0n) is 8.49. The number of carboxylic acids is 1. The van der Waals surface area contributed by atoms with E-state index >= 15 is 0 Å². The SMILES string of the molecule is CC(=O)O.CCC1=C(OC)C(=O)OC1. The third-order valence-corrected chi connectivity index (χ3v) is 1.51. The van der Waals surface area contributed by atoms with Gasteiger partial charge in [-0.3, -0.25) is 4.79 Å². The molecule has 0 amide bonds. The second-order valence-electron chi connectivity index (χ2n) is 2.59. The van der Waals surface area contributed by atoms with Crippen molar-refractivity contribution in [2.24, 2.45) is 0 Å². The maximum absolute atomic E-state index is 10.8. The highest BCUT2D eigenvalue weighted by Gasteiger charge is 2.23. The molecule has 0 unspecified atom stereocenters. The molecule has 0 spiro atoms. The van der Waals surface area contributed by atoms with E-state index in [9.17, 15) is 4.79 Å². The van der Waals surface area contributed by atoms with Gasteiger partial charge in [-0.15, -0.1) is 0 Å². The van der Waals surface area contributed by atoms with Gasteiger partial charge in [-0.1, -0.05) is 6.92 Å². The maximum Gasteiger partial charge on any atom is 0.373 e. The van der Waals surface area contributed by atoms with E-state index < -0.39 is 5.97 Å². The number of esters is 1. The van der Waals surface area contributed by atoms with Crippen LogP contribution in [0.3, 0.4) is 0 Å². The van der Waals surface area contributed by atoms with Gasteiger partial charge >= 0.3 is 5.97 Å². The van der Waals surface area contributed by atoms with E-state index in [4.69, 9.17) is 19.4 Å². The Hall–Kier alpha value is -1.52. The molecule has 5 nitrogen and oxygen atoms in total. The van der Waals surface area contributed by atoms with Gasteiger partial charge in [0.05, 0.1) is 7.11 Å². The largest absolute Gasteiger partial charge is 0.490 e. The second-order valence-corrected chi connectivity index (χ2v) is 2.59. The van der Waals surface area contributed by atoms with Crippen molar-refractivity contribution in [3.8, 4) is 0 Å². The number of carbonyl (C=O) groups excluding carboxylic acids is 1. The first-order chi connectivity index (χ1) is 6.52. The van der Waals surface area contributed by atoms with Crippen molar-refractivity contribution in [2.45, 2.75) is 20.3 Å². The van der Waals surface area contributed by atoms with Crippen LogP contribution in [0.1, 0.15) is 20.3 Å². The first-order valence-electron chi connectivity index (χ1n) is 4.15. The third kappa shape index (κ3) is 3.93. The molecule has 0 aromatic carbocycles. The molecule has 0 atom stereocenters. The molecular formula is C9H14O5. The Kier molecular flexibility index (Phi) is 5.36. The molecule has 0 fully saturated rings. The Morgan fingerprint density at radius 3 is 2.43 bits per heavy atom. The molecule has 0 radical (unpaired) electrons. The van der Waals surface area contributed by atoms with Crippen molar-refractivity contribution in [2.75, 3.05) is 13.7 Å². The number of cyclic esters (lactones) is 1. The highest BCUT2D eigenvalue weighted by Crippen LogP contribution is 2.18. The highest BCUT2D eigenvalue weighted by atomic mass is 16.6. The number of hydrogen-bond donors (Lipinski definition) is 1. The number of carboxylic acid groups (broad SMARTS) is 1. The van der Waals surface area contributed by atoms with Gasteiger partial charge in [0.2, 0.25) is 5.76 Å². The number of aliphatic carboxylic acids is 1. The number of hydrogen-bond acceptors (Lipinski definition) is 4. The highest BCUT2D eigenvalue weighted by molar-refractivity contribution is 5.89. The van der Waals surface area contributed by atoms with Crippen LogP contribution in [0.15, 0.2) is 11.3 Å². The molecule has 0 aromatic rings. The summed E-state index contributed by atoms with van der Waals surface area (Å²) in [6, 6.07) is 0. The lowest BCUT2D eigenvalue weighted by atomic mass is 10.2. The van der Waals surface area contributed by atoms with Gasteiger partial charge in [0, 0.05) is 12.5 Å². The lowest BCUT2D eigenvalue weighted by Gasteiger charge is -1.96. The summed E-state index contributed by atoms with van der Waals surface area (Å²) in [6.07, 6.45) is 0.814. The van der Waals surface area contributed by atoms with E-state index in [1.807, 2.05) is 6.92 Å². The van der Waals surface area contributed by atoms with E-state index in [0.717, 1.165) is 18.9 Å². The molecule has 0 aliphatic carbocycles. The van der Waals surface area contributed by atoms with Crippen LogP contribution in [-0.2, 0) is 19.1 Å². The van der Waals surface area contributed by atoms with Crippen LogP contribution in [-0.4, -0.2) is 30.8 Å². The Balaban J connectivity index is 0.000000364. The first kappa shape index (κ1) is 12.5. The Bertz CT molecular complexity index is 250. The molecule has 1 aliphatic heterocycles. The van der Waals surface area contributed by atoms with Crippen LogP contribution in [0.25, 0.3) is 0 Å². The number of carbonyl (C=O) groups is 2. The maximum atomic E-state index is 10.8. The average molecular weight is 202 g/mol. The summed E-state index contributed by atoms with van der Waals surface area (Å²) in [5, 5.41) is 7.42. The van der Waals surface area contributed by atoms with Crippen LogP contribution in [0.5, 0.6) is 0 Å². The van der Waals surface area contributed by atoms with Crippen molar-refractivity contribution in [3.05, 3.63) is 11.3 Å². The summed E-state index contributed by atoms with van der Waals surface area (Å²) >= 11 is 0. The van der Waals surface area contributed by atoms with E-state index in [2.05, 4.69) is 0 Å². The fraction of sp³-hybridized carbons (Fsp3) is 0.556.